The second-order valence-corrected chi connectivity index (χ2v) is 3.94. The third-order valence-electron chi connectivity index (χ3n) is 2.89. The third-order valence-corrected chi connectivity index (χ3v) is 2.89. The van der Waals surface area contributed by atoms with Gasteiger partial charge in [-0.1, -0.05) is 0 Å². The second kappa shape index (κ2) is 5.18. The van der Waals surface area contributed by atoms with Crippen molar-refractivity contribution in [2.45, 2.75) is 19.4 Å². The zero-order chi connectivity index (χ0) is 12.3. The molecule has 2 rings (SSSR count). The summed E-state index contributed by atoms with van der Waals surface area (Å²) < 4.78 is 10.7. The van der Waals surface area contributed by atoms with Gasteiger partial charge in [-0.2, -0.15) is 4.98 Å². The molecule has 17 heavy (non-hydrogen) atoms. The Kier molecular flexibility index (Phi) is 3.63. The summed E-state index contributed by atoms with van der Waals surface area (Å²) in [7, 11) is 1.73. The second-order valence-electron chi connectivity index (χ2n) is 3.94. The molecule has 0 aliphatic carbocycles. The maximum atomic E-state index is 6.00. The average Bonchev–Trinajstić information content (AvgIpc) is 2.80. The summed E-state index contributed by atoms with van der Waals surface area (Å²) >= 11 is 0. The van der Waals surface area contributed by atoms with Gasteiger partial charge in [-0.25, -0.2) is 4.98 Å². The maximum absolute atomic E-state index is 6.00. The number of nitrogens with two attached hydrogens (primary N) is 1. The number of hydrogen-bond donors (Lipinski definition) is 1. The summed E-state index contributed by atoms with van der Waals surface area (Å²) in [6.45, 7) is 4.15. The molecule has 1 aliphatic heterocycles. The molecule has 0 radical (unpaired) electrons. The van der Waals surface area contributed by atoms with Crippen LogP contribution in [0.1, 0.15) is 13.3 Å². The van der Waals surface area contributed by atoms with E-state index in [4.69, 9.17) is 15.2 Å². The first-order chi connectivity index (χ1) is 8.26. The lowest BCUT2D eigenvalue weighted by atomic mass is 10.3. The van der Waals surface area contributed by atoms with Crippen LogP contribution in [-0.4, -0.2) is 42.9 Å². The summed E-state index contributed by atoms with van der Waals surface area (Å²) in [6.07, 6.45) is 2.72. The van der Waals surface area contributed by atoms with Gasteiger partial charge in [-0.05, 0) is 13.3 Å². The molecular formula is C11H18N4O2. The van der Waals surface area contributed by atoms with Gasteiger partial charge in [-0.3, -0.25) is 0 Å². The Morgan fingerprint density at radius 1 is 1.53 bits per heavy atom. The SMILES string of the molecule is CCOc1ncnc(N2CCC(OC)C2)c1N. The molecule has 1 unspecified atom stereocenters. The van der Waals surface area contributed by atoms with Crippen LogP contribution in [0.4, 0.5) is 11.5 Å². The smallest absolute Gasteiger partial charge is 0.242 e. The van der Waals surface area contributed by atoms with Crippen LogP contribution in [0.3, 0.4) is 0 Å². The number of anilines is 2. The van der Waals surface area contributed by atoms with E-state index in [2.05, 4.69) is 14.9 Å². The maximum Gasteiger partial charge on any atom is 0.242 e. The highest BCUT2D eigenvalue weighted by Gasteiger charge is 2.25. The first kappa shape index (κ1) is 11.9. The predicted octanol–water partition coefficient (Wildman–Crippen LogP) is 0.683. The van der Waals surface area contributed by atoms with Crippen LogP contribution in [0.5, 0.6) is 5.88 Å². The highest BCUT2D eigenvalue weighted by Crippen LogP contribution is 2.30. The number of methoxy groups -OCH3 is 1. The van der Waals surface area contributed by atoms with E-state index in [9.17, 15) is 0 Å². The monoisotopic (exact) mass is 238 g/mol. The van der Waals surface area contributed by atoms with Gasteiger partial charge < -0.3 is 20.1 Å². The van der Waals surface area contributed by atoms with E-state index in [0.717, 1.165) is 25.3 Å². The molecule has 1 aromatic rings. The minimum atomic E-state index is 0.250. The lowest BCUT2D eigenvalue weighted by molar-refractivity contribution is 0.121. The molecule has 0 aromatic carbocycles. The van der Waals surface area contributed by atoms with Crippen LogP contribution in [-0.2, 0) is 4.74 Å². The highest BCUT2D eigenvalue weighted by molar-refractivity contribution is 5.68. The molecule has 6 nitrogen and oxygen atoms in total. The molecule has 0 amide bonds. The van der Waals surface area contributed by atoms with Crippen molar-refractivity contribution >= 4 is 11.5 Å². The predicted molar refractivity (Wildman–Crippen MR) is 65.2 cm³/mol. The molecule has 1 aliphatic rings. The molecule has 1 saturated heterocycles. The van der Waals surface area contributed by atoms with Gasteiger partial charge in [0, 0.05) is 20.2 Å². The number of aromatic nitrogens is 2. The van der Waals surface area contributed by atoms with Crippen LogP contribution in [0.15, 0.2) is 6.33 Å². The van der Waals surface area contributed by atoms with E-state index in [0.29, 0.717) is 18.2 Å². The van der Waals surface area contributed by atoms with Gasteiger partial charge in [0.05, 0.1) is 12.7 Å². The quantitative estimate of drug-likeness (QED) is 0.831. The Balaban J connectivity index is 2.18. The van der Waals surface area contributed by atoms with Crippen molar-refractivity contribution in [1.82, 2.24) is 9.97 Å². The van der Waals surface area contributed by atoms with E-state index in [1.54, 1.807) is 7.11 Å². The lowest BCUT2D eigenvalue weighted by Crippen LogP contribution is -2.24. The third kappa shape index (κ3) is 2.41. The Morgan fingerprint density at radius 2 is 2.35 bits per heavy atom. The van der Waals surface area contributed by atoms with E-state index in [1.165, 1.54) is 6.33 Å². The molecule has 1 aromatic heterocycles. The summed E-state index contributed by atoms with van der Waals surface area (Å²) in [6, 6.07) is 0. The standard InChI is InChI=1S/C11H18N4O2/c1-3-17-11-9(12)10(13-7-14-11)15-5-4-8(6-15)16-2/h7-8H,3-6,12H2,1-2H3. The Morgan fingerprint density at radius 3 is 3.00 bits per heavy atom. The van der Waals surface area contributed by atoms with Crippen LogP contribution in [0, 0.1) is 0 Å². The average molecular weight is 238 g/mol. The van der Waals surface area contributed by atoms with Gasteiger partial charge in [0.25, 0.3) is 0 Å². The van der Waals surface area contributed by atoms with Gasteiger partial charge in [-0.15, -0.1) is 0 Å². The summed E-state index contributed by atoms with van der Waals surface area (Å²) in [5.41, 5.74) is 6.51. The van der Waals surface area contributed by atoms with Crippen molar-refractivity contribution in [3.05, 3.63) is 6.33 Å². The molecule has 0 bridgehead atoms. The first-order valence-electron chi connectivity index (χ1n) is 5.77. The largest absolute Gasteiger partial charge is 0.476 e. The van der Waals surface area contributed by atoms with E-state index < -0.39 is 0 Å². The van der Waals surface area contributed by atoms with Crippen LogP contribution in [0.2, 0.25) is 0 Å². The molecule has 2 N–H and O–H groups in total. The molecule has 2 heterocycles. The van der Waals surface area contributed by atoms with Crippen molar-refractivity contribution in [1.29, 1.82) is 0 Å². The molecule has 0 spiro atoms. The van der Waals surface area contributed by atoms with Crippen molar-refractivity contribution in [2.75, 3.05) is 37.4 Å². The van der Waals surface area contributed by atoms with Gasteiger partial charge in [0.1, 0.15) is 12.0 Å². The summed E-state index contributed by atoms with van der Waals surface area (Å²) in [4.78, 5) is 10.4. The van der Waals surface area contributed by atoms with Crippen LogP contribution in [0.25, 0.3) is 0 Å². The van der Waals surface area contributed by atoms with E-state index >= 15 is 0 Å². The topological polar surface area (TPSA) is 73.5 Å². The van der Waals surface area contributed by atoms with Gasteiger partial charge in [0.2, 0.25) is 5.88 Å². The Labute approximate surface area is 101 Å². The highest BCUT2D eigenvalue weighted by atomic mass is 16.5. The number of nitrogens with zero attached hydrogens (tertiary/aromatic N) is 3. The Hall–Kier alpha value is -1.56. The van der Waals surface area contributed by atoms with Crippen molar-refractivity contribution in [2.24, 2.45) is 0 Å². The zero-order valence-electron chi connectivity index (χ0n) is 10.2. The number of nitrogen functional groups attached to an aromatic ring is 1. The van der Waals surface area contributed by atoms with Crippen LogP contribution >= 0.6 is 0 Å². The fourth-order valence-electron chi connectivity index (χ4n) is 1.99. The molecule has 1 fully saturated rings. The zero-order valence-corrected chi connectivity index (χ0v) is 10.2. The molecular weight excluding hydrogens is 220 g/mol. The normalized spacial score (nSPS) is 19.6. The first-order valence-corrected chi connectivity index (χ1v) is 5.77. The number of rotatable bonds is 4. The molecule has 1 atom stereocenters. The van der Waals surface area contributed by atoms with Gasteiger partial charge in [0.15, 0.2) is 5.82 Å². The van der Waals surface area contributed by atoms with Crippen LogP contribution < -0.4 is 15.4 Å². The summed E-state index contributed by atoms with van der Waals surface area (Å²) in [5, 5.41) is 0. The van der Waals surface area contributed by atoms with E-state index in [-0.39, 0.29) is 6.10 Å². The fourth-order valence-corrected chi connectivity index (χ4v) is 1.99. The fraction of sp³-hybridized carbons (Fsp3) is 0.636. The molecule has 6 heteroatoms. The number of ether oxygens (including phenoxy) is 2. The Bertz CT molecular complexity index is 386. The minimum Gasteiger partial charge on any atom is -0.476 e. The van der Waals surface area contributed by atoms with Crippen molar-refractivity contribution in [3.63, 3.8) is 0 Å². The summed E-state index contributed by atoms with van der Waals surface area (Å²) in [5.74, 6) is 1.20. The van der Waals surface area contributed by atoms with Crippen molar-refractivity contribution < 1.29 is 9.47 Å². The molecule has 0 saturated carbocycles. The molecule has 94 valence electrons. The minimum absolute atomic E-state index is 0.250. The van der Waals surface area contributed by atoms with Crippen molar-refractivity contribution in [3.8, 4) is 5.88 Å². The van der Waals surface area contributed by atoms with Gasteiger partial charge >= 0.3 is 0 Å². The lowest BCUT2D eigenvalue weighted by Gasteiger charge is -2.19. The number of hydrogen-bond acceptors (Lipinski definition) is 6. The van der Waals surface area contributed by atoms with E-state index in [1.807, 2.05) is 6.92 Å².